The van der Waals surface area contributed by atoms with Crippen LogP contribution in [0.3, 0.4) is 0 Å². The van der Waals surface area contributed by atoms with Gasteiger partial charge in [-0.2, -0.15) is 4.80 Å². The Balaban J connectivity index is 1.73. The second kappa shape index (κ2) is 6.87. The number of carbonyl (C=O) groups excluding carboxylic acids is 1. The Morgan fingerprint density at radius 1 is 1.35 bits per heavy atom. The van der Waals surface area contributed by atoms with Crippen LogP contribution in [0.25, 0.3) is 11.4 Å². The van der Waals surface area contributed by atoms with Crippen molar-refractivity contribution >= 4 is 5.91 Å². The molecule has 1 fully saturated rings. The summed E-state index contributed by atoms with van der Waals surface area (Å²) in [5.74, 6) is 1.08. The lowest BCUT2D eigenvalue weighted by Gasteiger charge is -2.28. The fourth-order valence-electron chi connectivity index (χ4n) is 2.56. The SMILES string of the molecule is CC(C)C(C(=O)NCC1CNC1)n1nnc(-c2ccccc2)n1. The molecule has 0 aliphatic carbocycles. The first-order valence-electron chi connectivity index (χ1n) is 7.98. The molecule has 1 aliphatic rings. The lowest BCUT2D eigenvalue weighted by atomic mass is 10.0. The number of hydrogen-bond donors (Lipinski definition) is 2. The maximum Gasteiger partial charge on any atom is 0.247 e. The number of hydrogen-bond acceptors (Lipinski definition) is 5. The summed E-state index contributed by atoms with van der Waals surface area (Å²) in [6.45, 7) is 6.59. The third kappa shape index (κ3) is 3.56. The molecule has 3 rings (SSSR count). The quantitative estimate of drug-likeness (QED) is 0.826. The molecule has 0 bridgehead atoms. The molecule has 1 atom stereocenters. The van der Waals surface area contributed by atoms with Gasteiger partial charge in [-0.25, -0.2) is 0 Å². The van der Waals surface area contributed by atoms with Gasteiger partial charge in [-0.1, -0.05) is 44.2 Å². The lowest BCUT2D eigenvalue weighted by Crippen LogP contribution is -2.49. The Morgan fingerprint density at radius 3 is 2.70 bits per heavy atom. The molecule has 1 saturated heterocycles. The summed E-state index contributed by atoms with van der Waals surface area (Å²) in [4.78, 5) is 13.9. The van der Waals surface area contributed by atoms with Gasteiger partial charge in [-0.05, 0) is 11.1 Å². The first-order chi connectivity index (χ1) is 11.1. The molecule has 1 amide bonds. The second-order valence-corrected chi connectivity index (χ2v) is 6.26. The van der Waals surface area contributed by atoms with E-state index >= 15 is 0 Å². The van der Waals surface area contributed by atoms with Crippen molar-refractivity contribution in [2.24, 2.45) is 11.8 Å². The average molecular weight is 314 g/mol. The van der Waals surface area contributed by atoms with Gasteiger partial charge in [0.05, 0.1) is 0 Å². The summed E-state index contributed by atoms with van der Waals surface area (Å²) >= 11 is 0. The molecule has 0 saturated carbocycles. The Hall–Kier alpha value is -2.28. The highest BCUT2D eigenvalue weighted by molar-refractivity contribution is 5.80. The fraction of sp³-hybridized carbons (Fsp3) is 0.500. The van der Waals surface area contributed by atoms with Crippen LogP contribution in [0.2, 0.25) is 0 Å². The summed E-state index contributed by atoms with van der Waals surface area (Å²) in [5, 5.41) is 18.8. The van der Waals surface area contributed by atoms with Gasteiger partial charge in [0.1, 0.15) is 0 Å². The van der Waals surface area contributed by atoms with E-state index in [9.17, 15) is 4.79 Å². The number of rotatable bonds is 6. The Labute approximate surface area is 135 Å². The largest absolute Gasteiger partial charge is 0.354 e. The second-order valence-electron chi connectivity index (χ2n) is 6.26. The molecule has 122 valence electrons. The zero-order valence-electron chi connectivity index (χ0n) is 13.4. The van der Waals surface area contributed by atoms with Gasteiger partial charge in [0, 0.05) is 31.1 Å². The van der Waals surface area contributed by atoms with Gasteiger partial charge < -0.3 is 10.6 Å². The lowest BCUT2D eigenvalue weighted by molar-refractivity contribution is -0.126. The highest BCUT2D eigenvalue weighted by atomic mass is 16.2. The van der Waals surface area contributed by atoms with Gasteiger partial charge in [-0.15, -0.1) is 10.2 Å². The van der Waals surface area contributed by atoms with Crippen molar-refractivity contribution in [1.82, 2.24) is 30.8 Å². The molecule has 2 aromatic rings. The minimum Gasteiger partial charge on any atom is -0.354 e. The van der Waals surface area contributed by atoms with E-state index in [1.54, 1.807) is 0 Å². The molecular weight excluding hydrogens is 292 g/mol. The van der Waals surface area contributed by atoms with Crippen LogP contribution in [-0.4, -0.2) is 45.7 Å². The van der Waals surface area contributed by atoms with E-state index in [4.69, 9.17) is 0 Å². The van der Waals surface area contributed by atoms with Crippen LogP contribution >= 0.6 is 0 Å². The molecule has 0 spiro atoms. The number of carbonyl (C=O) groups is 1. The molecule has 1 aromatic carbocycles. The fourth-order valence-corrected chi connectivity index (χ4v) is 2.56. The minimum absolute atomic E-state index is 0.0519. The van der Waals surface area contributed by atoms with Gasteiger partial charge in [0.15, 0.2) is 6.04 Å². The van der Waals surface area contributed by atoms with Crippen LogP contribution in [0.15, 0.2) is 30.3 Å². The number of nitrogens with zero attached hydrogens (tertiary/aromatic N) is 4. The standard InChI is InChI=1S/C16H22N6O/c1-11(2)14(16(23)18-10-12-8-17-9-12)22-20-15(19-21-22)13-6-4-3-5-7-13/h3-7,11-12,14,17H,8-10H2,1-2H3,(H,18,23). The first-order valence-corrected chi connectivity index (χ1v) is 7.98. The van der Waals surface area contributed by atoms with Gasteiger partial charge in [-0.3, -0.25) is 4.79 Å². The maximum absolute atomic E-state index is 12.5. The number of amides is 1. The molecule has 2 N–H and O–H groups in total. The average Bonchev–Trinajstić information content (AvgIpc) is 2.96. The van der Waals surface area contributed by atoms with Crippen LogP contribution in [0.4, 0.5) is 0 Å². The summed E-state index contributed by atoms with van der Waals surface area (Å²) in [6, 6.07) is 9.19. The summed E-state index contributed by atoms with van der Waals surface area (Å²) in [6.07, 6.45) is 0. The van der Waals surface area contributed by atoms with Crippen LogP contribution in [-0.2, 0) is 4.79 Å². The molecular formula is C16H22N6O. The minimum atomic E-state index is -0.451. The molecule has 0 radical (unpaired) electrons. The van der Waals surface area contributed by atoms with Gasteiger partial charge in [0.25, 0.3) is 0 Å². The zero-order valence-corrected chi connectivity index (χ0v) is 13.4. The van der Waals surface area contributed by atoms with Crippen molar-refractivity contribution in [3.8, 4) is 11.4 Å². The van der Waals surface area contributed by atoms with Crippen molar-refractivity contribution in [2.45, 2.75) is 19.9 Å². The summed E-state index contributed by atoms with van der Waals surface area (Å²) in [5.41, 5.74) is 0.891. The number of aromatic nitrogens is 4. The van der Waals surface area contributed by atoms with Crippen molar-refractivity contribution in [3.05, 3.63) is 30.3 Å². The van der Waals surface area contributed by atoms with Gasteiger partial charge >= 0.3 is 0 Å². The summed E-state index contributed by atoms with van der Waals surface area (Å²) in [7, 11) is 0. The van der Waals surface area contributed by atoms with E-state index < -0.39 is 6.04 Å². The topological polar surface area (TPSA) is 84.7 Å². The van der Waals surface area contributed by atoms with E-state index in [0.717, 1.165) is 18.7 Å². The van der Waals surface area contributed by atoms with E-state index in [2.05, 4.69) is 26.0 Å². The van der Waals surface area contributed by atoms with E-state index in [1.165, 1.54) is 4.80 Å². The van der Waals surface area contributed by atoms with Crippen molar-refractivity contribution < 1.29 is 4.79 Å². The highest BCUT2D eigenvalue weighted by Gasteiger charge is 2.28. The predicted molar refractivity (Wildman–Crippen MR) is 86.5 cm³/mol. The third-order valence-electron chi connectivity index (χ3n) is 4.04. The molecule has 23 heavy (non-hydrogen) atoms. The van der Waals surface area contributed by atoms with Crippen molar-refractivity contribution in [1.29, 1.82) is 0 Å². The van der Waals surface area contributed by atoms with Crippen LogP contribution in [0, 0.1) is 11.8 Å². The highest BCUT2D eigenvalue weighted by Crippen LogP contribution is 2.18. The number of nitrogens with one attached hydrogen (secondary N) is 2. The molecule has 7 nitrogen and oxygen atoms in total. The molecule has 1 aromatic heterocycles. The monoisotopic (exact) mass is 314 g/mol. The molecule has 7 heteroatoms. The Kier molecular flexibility index (Phi) is 4.66. The van der Waals surface area contributed by atoms with E-state index in [1.807, 2.05) is 44.2 Å². The van der Waals surface area contributed by atoms with E-state index in [0.29, 0.717) is 18.3 Å². The smallest absolute Gasteiger partial charge is 0.247 e. The molecule has 1 aliphatic heterocycles. The predicted octanol–water partition coefficient (Wildman–Crippen LogP) is 0.873. The maximum atomic E-state index is 12.5. The first kappa shape index (κ1) is 15.6. The number of tetrazole rings is 1. The van der Waals surface area contributed by atoms with Crippen LogP contribution < -0.4 is 10.6 Å². The summed E-state index contributed by atoms with van der Waals surface area (Å²) < 4.78 is 0. The zero-order chi connectivity index (χ0) is 16.2. The Bertz CT molecular complexity index is 650. The molecule has 1 unspecified atom stereocenters. The Morgan fingerprint density at radius 2 is 2.09 bits per heavy atom. The van der Waals surface area contributed by atoms with E-state index in [-0.39, 0.29) is 11.8 Å². The third-order valence-corrected chi connectivity index (χ3v) is 4.04. The van der Waals surface area contributed by atoms with Crippen molar-refractivity contribution in [2.75, 3.05) is 19.6 Å². The molecule has 2 heterocycles. The van der Waals surface area contributed by atoms with Gasteiger partial charge in [0.2, 0.25) is 11.7 Å². The van der Waals surface area contributed by atoms with Crippen LogP contribution in [0.1, 0.15) is 19.9 Å². The number of benzene rings is 1. The van der Waals surface area contributed by atoms with Crippen molar-refractivity contribution in [3.63, 3.8) is 0 Å². The van der Waals surface area contributed by atoms with Crippen LogP contribution in [0.5, 0.6) is 0 Å². The normalized spacial score (nSPS) is 16.1.